The van der Waals surface area contributed by atoms with Gasteiger partial charge in [0, 0.05) is 6.54 Å². The number of nitrogens with zero attached hydrogens (tertiary/aromatic N) is 5. The molecule has 11 heteroatoms. The number of ether oxygens (including phenoxy) is 2. The van der Waals surface area contributed by atoms with Crippen LogP contribution in [0.15, 0.2) is 0 Å². The van der Waals surface area contributed by atoms with E-state index in [1.165, 1.54) is 0 Å². The number of rotatable bonds is 0. The van der Waals surface area contributed by atoms with Gasteiger partial charge in [0.2, 0.25) is 11.2 Å². The minimum atomic E-state index is -0.765. The van der Waals surface area contributed by atoms with Gasteiger partial charge in [-0.25, -0.2) is 14.2 Å². The molecule has 0 spiro atoms. The van der Waals surface area contributed by atoms with E-state index in [4.69, 9.17) is 32.7 Å². The van der Waals surface area contributed by atoms with Crippen molar-refractivity contribution >= 4 is 46.0 Å². The lowest BCUT2D eigenvalue weighted by Gasteiger charge is -2.46. The molecule has 3 atom stereocenters. The van der Waals surface area contributed by atoms with Crippen LogP contribution in [-0.4, -0.2) is 62.8 Å². The molecule has 160 valence electrons. The topological polar surface area (TPSA) is 80.7 Å². The molecule has 0 saturated carbocycles. The Hall–Kier alpha value is -2.13. The van der Waals surface area contributed by atoms with Crippen LogP contribution in [0.4, 0.5) is 15.0 Å². The highest BCUT2D eigenvalue weighted by Crippen LogP contribution is 2.44. The molecule has 5 heterocycles. The number of piperazine rings is 1. The third-order valence-electron chi connectivity index (χ3n) is 5.73. The highest BCUT2D eigenvalue weighted by molar-refractivity contribution is 6.31. The largest absolute Gasteiger partial charge is 0.475 e. The fraction of sp³-hybridized carbons (Fsp3) is 0.579. The number of carbonyl (C=O) groups excluding carboxylic acids is 1. The minimum Gasteiger partial charge on any atom is -0.475 e. The van der Waals surface area contributed by atoms with E-state index in [0.29, 0.717) is 17.7 Å². The maximum absolute atomic E-state index is 14.7. The van der Waals surface area contributed by atoms with Crippen molar-refractivity contribution in [2.45, 2.75) is 57.3 Å². The number of hydrogen-bond acceptors (Lipinski definition) is 7. The monoisotopic (exact) mass is 455 g/mol. The van der Waals surface area contributed by atoms with E-state index in [9.17, 15) is 9.18 Å². The first-order valence-corrected chi connectivity index (χ1v) is 10.5. The predicted molar refractivity (Wildman–Crippen MR) is 109 cm³/mol. The Morgan fingerprint density at radius 2 is 1.97 bits per heavy atom. The summed E-state index contributed by atoms with van der Waals surface area (Å²) in [6.07, 6.45) is 1.29. The molecule has 0 aromatic carbocycles. The second-order valence-electron chi connectivity index (χ2n) is 8.78. The van der Waals surface area contributed by atoms with E-state index in [2.05, 4.69) is 15.0 Å². The summed E-state index contributed by atoms with van der Waals surface area (Å²) in [5.74, 6) is -0.151. The van der Waals surface area contributed by atoms with Crippen LogP contribution in [0.1, 0.15) is 33.6 Å². The molecule has 0 N–H and O–H groups in total. The molecular weight excluding hydrogens is 436 g/mol. The Morgan fingerprint density at radius 3 is 2.70 bits per heavy atom. The van der Waals surface area contributed by atoms with Crippen molar-refractivity contribution in [1.82, 2.24) is 19.9 Å². The number of anilines is 1. The van der Waals surface area contributed by atoms with Crippen molar-refractivity contribution in [2.24, 2.45) is 0 Å². The van der Waals surface area contributed by atoms with Crippen molar-refractivity contribution in [3.05, 3.63) is 16.3 Å². The first-order chi connectivity index (χ1) is 14.1. The fourth-order valence-corrected chi connectivity index (χ4v) is 4.96. The van der Waals surface area contributed by atoms with E-state index in [0.717, 1.165) is 12.8 Å². The third kappa shape index (κ3) is 3.01. The lowest BCUT2D eigenvalue weighted by atomic mass is 10.0. The highest BCUT2D eigenvalue weighted by Gasteiger charge is 2.51. The second-order valence-corrected chi connectivity index (χ2v) is 9.47. The van der Waals surface area contributed by atoms with Crippen LogP contribution >= 0.6 is 23.2 Å². The van der Waals surface area contributed by atoms with E-state index < -0.39 is 11.4 Å². The van der Waals surface area contributed by atoms with Gasteiger partial charge in [-0.15, -0.1) is 0 Å². The van der Waals surface area contributed by atoms with Gasteiger partial charge < -0.3 is 14.4 Å². The highest BCUT2D eigenvalue weighted by atomic mass is 35.5. The molecule has 2 aromatic heterocycles. The molecule has 0 aliphatic carbocycles. The lowest BCUT2D eigenvalue weighted by molar-refractivity contribution is 0.00540. The zero-order chi connectivity index (χ0) is 21.4. The number of fused-ring (bicyclic) bond motifs is 5. The normalized spacial score (nSPS) is 25.1. The van der Waals surface area contributed by atoms with Crippen LogP contribution in [-0.2, 0) is 4.74 Å². The molecule has 30 heavy (non-hydrogen) atoms. The molecule has 1 amide bonds. The molecule has 5 rings (SSSR count). The van der Waals surface area contributed by atoms with Crippen molar-refractivity contribution in [3.63, 3.8) is 0 Å². The van der Waals surface area contributed by atoms with Gasteiger partial charge in [0.25, 0.3) is 0 Å². The summed E-state index contributed by atoms with van der Waals surface area (Å²) in [5.41, 5.74) is -0.614. The lowest BCUT2D eigenvalue weighted by Crippen LogP contribution is -2.63. The molecule has 0 unspecified atom stereocenters. The average molecular weight is 456 g/mol. The summed E-state index contributed by atoms with van der Waals surface area (Å²) in [6.45, 7) is 6.26. The van der Waals surface area contributed by atoms with Crippen LogP contribution in [0.25, 0.3) is 10.9 Å². The molecule has 2 saturated heterocycles. The van der Waals surface area contributed by atoms with Crippen molar-refractivity contribution in [2.75, 3.05) is 18.1 Å². The van der Waals surface area contributed by atoms with Gasteiger partial charge >= 0.3 is 6.09 Å². The first-order valence-electron chi connectivity index (χ1n) is 9.77. The molecule has 8 nitrogen and oxygen atoms in total. The van der Waals surface area contributed by atoms with Gasteiger partial charge in [0.15, 0.2) is 11.0 Å². The van der Waals surface area contributed by atoms with Crippen LogP contribution in [0.3, 0.4) is 0 Å². The van der Waals surface area contributed by atoms with Gasteiger partial charge in [-0.05, 0) is 45.2 Å². The molecule has 2 aromatic rings. The molecule has 2 bridgehead atoms. The van der Waals surface area contributed by atoms with Crippen LogP contribution in [0, 0.1) is 5.82 Å². The molecular formula is C19H20Cl2FN5O3. The Kier molecular flexibility index (Phi) is 4.41. The summed E-state index contributed by atoms with van der Waals surface area (Å²) in [6, 6.07) is -0.421. The van der Waals surface area contributed by atoms with Gasteiger partial charge in [0.1, 0.15) is 28.9 Å². The smallest absolute Gasteiger partial charge is 0.410 e. The number of halogens is 3. The maximum atomic E-state index is 14.7. The van der Waals surface area contributed by atoms with Gasteiger partial charge in [0.05, 0.1) is 18.1 Å². The van der Waals surface area contributed by atoms with Crippen molar-refractivity contribution < 1.29 is 18.7 Å². The van der Waals surface area contributed by atoms with Gasteiger partial charge in [-0.1, -0.05) is 11.6 Å². The number of aromatic nitrogens is 3. The fourth-order valence-electron chi connectivity index (χ4n) is 4.63. The van der Waals surface area contributed by atoms with Gasteiger partial charge in [-0.2, -0.15) is 9.97 Å². The van der Waals surface area contributed by atoms with Crippen molar-refractivity contribution in [1.29, 1.82) is 0 Å². The van der Waals surface area contributed by atoms with Crippen molar-refractivity contribution in [3.8, 4) is 5.88 Å². The van der Waals surface area contributed by atoms with E-state index in [1.54, 1.807) is 0 Å². The second kappa shape index (κ2) is 6.68. The number of carbonyl (C=O) groups is 1. The predicted octanol–water partition coefficient (Wildman–Crippen LogP) is 3.82. The van der Waals surface area contributed by atoms with E-state index in [-0.39, 0.29) is 52.7 Å². The van der Waals surface area contributed by atoms with Crippen LogP contribution in [0.2, 0.25) is 10.4 Å². The third-order valence-corrected chi connectivity index (χ3v) is 6.15. The standard InChI is InChI=1S/C19H20Cl2FN5O3/c1-19(2,3)30-18(28)27-8-4-5-9(27)10-7-29-16-11-13(12(22)14(20)24-16)23-17(21)25-15(11)26(10)6-8/h8-10H,4-7H2,1-3H3/t8-,9+,10+/m0/s1. The summed E-state index contributed by atoms with van der Waals surface area (Å²) in [5, 5.41) is -0.0869. The average Bonchev–Trinajstić information content (AvgIpc) is 2.89. The molecule has 0 radical (unpaired) electrons. The van der Waals surface area contributed by atoms with Crippen LogP contribution in [0.5, 0.6) is 5.88 Å². The minimum absolute atomic E-state index is 0.0254. The zero-order valence-electron chi connectivity index (χ0n) is 16.7. The Morgan fingerprint density at radius 1 is 1.20 bits per heavy atom. The van der Waals surface area contributed by atoms with Gasteiger partial charge in [-0.3, -0.25) is 4.90 Å². The number of pyridine rings is 1. The van der Waals surface area contributed by atoms with Crippen LogP contribution < -0.4 is 9.64 Å². The zero-order valence-corrected chi connectivity index (χ0v) is 18.2. The first kappa shape index (κ1) is 19.8. The quantitative estimate of drug-likeness (QED) is 0.441. The van der Waals surface area contributed by atoms with E-state index in [1.807, 2.05) is 30.6 Å². The number of amides is 1. The summed E-state index contributed by atoms with van der Waals surface area (Å²) < 4.78 is 26.2. The number of hydrogen-bond donors (Lipinski definition) is 0. The molecule has 2 fully saturated rings. The van der Waals surface area contributed by atoms with E-state index >= 15 is 0 Å². The summed E-state index contributed by atoms with van der Waals surface area (Å²) in [4.78, 5) is 29.2. The summed E-state index contributed by atoms with van der Waals surface area (Å²) >= 11 is 12.1. The Labute approximate surface area is 182 Å². The Bertz CT molecular complexity index is 1060. The SMILES string of the molecule is CC(C)(C)OC(=O)N1[C@H]2CC[C@@H]1[C@H]1COc3nc(Cl)c(F)c4nc(Cl)nc(c34)N1C2. The maximum Gasteiger partial charge on any atom is 0.410 e. The molecule has 3 aliphatic rings. The molecule has 3 aliphatic heterocycles. The summed E-state index contributed by atoms with van der Waals surface area (Å²) in [7, 11) is 0. The Balaban J connectivity index is 1.59.